The number of phenolic OH excluding ortho intramolecular Hbond substituents is 1. The van der Waals surface area contributed by atoms with Gasteiger partial charge < -0.3 is 14.6 Å². The summed E-state index contributed by atoms with van der Waals surface area (Å²) in [5, 5.41) is 9.19. The van der Waals surface area contributed by atoms with Crippen LogP contribution in [-0.4, -0.2) is 30.9 Å². The Morgan fingerprint density at radius 2 is 1.70 bits per heavy atom. The Balaban J connectivity index is 1.62. The Labute approximate surface area is 136 Å². The van der Waals surface area contributed by atoms with Gasteiger partial charge in [-0.1, -0.05) is 36.9 Å². The number of aromatic hydroxyl groups is 1. The van der Waals surface area contributed by atoms with Crippen molar-refractivity contribution in [1.29, 1.82) is 0 Å². The van der Waals surface area contributed by atoms with Crippen LogP contribution in [0.25, 0.3) is 6.08 Å². The topological polar surface area (TPSA) is 55.8 Å². The minimum absolute atomic E-state index is 0.220. The van der Waals surface area contributed by atoms with Crippen molar-refractivity contribution in [3.05, 3.63) is 71.8 Å². The number of hydrogen-bond donors (Lipinski definition) is 1. The van der Waals surface area contributed by atoms with Crippen molar-refractivity contribution in [2.45, 2.75) is 6.42 Å². The Kier molecular flexibility index (Phi) is 6.39. The van der Waals surface area contributed by atoms with Crippen LogP contribution in [0.15, 0.2) is 55.1 Å². The van der Waals surface area contributed by atoms with E-state index in [1.165, 1.54) is 0 Å². The van der Waals surface area contributed by atoms with Crippen molar-refractivity contribution in [2.75, 3.05) is 19.8 Å². The second-order valence-corrected chi connectivity index (χ2v) is 4.99. The molecule has 0 saturated carbocycles. The Hall–Kier alpha value is -2.59. The lowest BCUT2D eigenvalue weighted by Gasteiger charge is -2.07. The Bertz CT molecular complexity index is 629. The molecule has 0 aliphatic heterocycles. The average Bonchev–Trinajstić information content (AvgIpc) is 2.59. The summed E-state index contributed by atoms with van der Waals surface area (Å²) in [5.74, 6) is -0.106. The van der Waals surface area contributed by atoms with Crippen LogP contribution >= 0.6 is 0 Å². The first-order valence-electron chi connectivity index (χ1n) is 7.44. The van der Waals surface area contributed by atoms with Crippen molar-refractivity contribution < 1.29 is 19.4 Å². The smallest absolute Gasteiger partial charge is 0.338 e. The lowest BCUT2D eigenvalue weighted by atomic mass is 10.1. The molecule has 0 spiro atoms. The van der Waals surface area contributed by atoms with Crippen LogP contribution in [0, 0.1) is 0 Å². The first-order chi connectivity index (χ1) is 11.2. The molecule has 0 unspecified atom stereocenters. The van der Waals surface area contributed by atoms with Crippen molar-refractivity contribution in [3.63, 3.8) is 0 Å². The number of ether oxygens (including phenoxy) is 2. The quantitative estimate of drug-likeness (QED) is 0.599. The highest BCUT2D eigenvalue weighted by molar-refractivity contribution is 5.89. The molecule has 0 saturated heterocycles. The summed E-state index contributed by atoms with van der Waals surface area (Å²) in [4.78, 5) is 11.8. The van der Waals surface area contributed by atoms with Crippen LogP contribution < -0.4 is 0 Å². The zero-order valence-corrected chi connectivity index (χ0v) is 12.9. The predicted molar refractivity (Wildman–Crippen MR) is 89.4 cm³/mol. The number of esters is 1. The van der Waals surface area contributed by atoms with Crippen LogP contribution in [0.5, 0.6) is 5.75 Å². The number of rotatable bonds is 8. The molecule has 0 amide bonds. The highest BCUT2D eigenvalue weighted by Crippen LogP contribution is 2.10. The molecule has 2 aromatic rings. The molecule has 0 heterocycles. The van der Waals surface area contributed by atoms with Gasteiger partial charge in [-0.05, 0) is 41.8 Å². The van der Waals surface area contributed by atoms with E-state index in [0.29, 0.717) is 18.8 Å². The third-order valence-corrected chi connectivity index (χ3v) is 3.31. The molecule has 2 aromatic carbocycles. The van der Waals surface area contributed by atoms with Crippen molar-refractivity contribution in [3.8, 4) is 5.75 Å². The van der Waals surface area contributed by atoms with Crippen molar-refractivity contribution in [1.82, 2.24) is 0 Å². The lowest BCUT2D eigenvalue weighted by molar-refractivity contribution is 0.0321. The van der Waals surface area contributed by atoms with E-state index >= 15 is 0 Å². The molecule has 0 aliphatic rings. The van der Waals surface area contributed by atoms with Crippen molar-refractivity contribution >= 4 is 12.0 Å². The summed E-state index contributed by atoms with van der Waals surface area (Å²) in [6.45, 7) is 4.78. The predicted octanol–water partition coefficient (Wildman–Crippen LogP) is 3.45. The van der Waals surface area contributed by atoms with E-state index in [4.69, 9.17) is 9.47 Å². The first kappa shape index (κ1) is 16.8. The molecule has 1 N–H and O–H groups in total. The molecule has 120 valence electrons. The zero-order valence-electron chi connectivity index (χ0n) is 12.9. The van der Waals surface area contributed by atoms with Gasteiger partial charge in [0.2, 0.25) is 0 Å². The largest absolute Gasteiger partial charge is 0.508 e. The lowest BCUT2D eigenvalue weighted by Crippen LogP contribution is -2.11. The van der Waals surface area contributed by atoms with E-state index in [1.807, 2.05) is 24.3 Å². The molecule has 0 bridgehead atoms. The fraction of sp³-hybridized carbons (Fsp3) is 0.211. The van der Waals surface area contributed by atoms with Gasteiger partial charge >= 0.3 is 5.97 Å². The van der Waals surface area contributed by atoms with Gasteiger partial charge in [0, 0.05) is 0 Å². The Morgan fingerprint density at radius 1 is 1.00 bits per heavy atom. The van der Waals surface area contributed by atoms with E-state index < -0.39 is 0 Å². The van der Waals surface area contributed by atoms with Gasteiger partial charge in [-0.2, -0.15) is 0 Å². The number of carbonyl (C=O) groups excluding carboxylic acids is 1. The monoisotopic (exact) mass is 312 g/mol. The third kappa shape index (κ3) is 5.60. The first-order valence-corrected chi connectivity index (χ1v) is 7.44. The maximum Gasteiger partial charge on any atom is 0.338 e. The standard InChI is InChI=1S/C19H20O4/c1-2-15-3-7-17(8-4-15)19(21)23-14-13-22-12-11-16-5-9-18(20)10-6-16/h2-10,20H,1,11-14H2. The number of phenols is 1. The normalized spacial score (nSPS) is 10.3. The maximum absolute atomic E-state index is 11.8. The molecule has 23 heavy (non-hydrogen) atoms. The highest BCUT2D eigenvalue weighted by Gasteiger charge is 2.06. The summed E-state index contributed by atoms with van der Waals surface area (Å²) in [6, 6.07) is 14.1. The number of benzene rings is 2. The van der Waals surface area contributed by atoms with Crippen LogP contribution in [0.1, 0.15) is 21.5 Å². The molecular formula is C19H20O4. The SMILES string of the molecule is C=Cc1ccc(C(=O)OCCOCCc2ccc(O)cc2)cc1. The summed E-state index contributed by atoms with van der Waals surface area (Å²) in [5.41, 5.74) is 2.56. The molecule has 4 heteroatoms. The molecule has 0 fully saturated rings. The summed E-state index contributed by atoms with van der Waals surface area (Å²) in [6.07, 6.45) is 2.47. The van der Waals surface area contributed by atoms with E-state index in [2.05, 4.69) is 6.58 Å². The summed E-state index contributed by atoms with van der Waals surface area (Å²) in [7, 11) is 0. The van der Waals surface area contributed by atoms with Gasteiger partial charge in [0.05, 0.1) is 18.8 Å². The van der Waals surface area contributed by atoms with E-state index in [-0.39, 0.29) is 18.3 Å². The molecule has 2 rings (SSSR count). The Morgan fingerprint density at radius 3 is 2.35 bits per heavy atom. The zero-order chi connectivity index (χ0) is 16.5. The van der Waals surface area contributed by atoms with Crippen LogP contribution in [0.3, 0.4) is 0 Å². The average molecular weight is 312 g/mol. The van der Waals surface area contributed by atoms with Gasteiger partial charge in [-0.25, -0.2) is 4.79 Å². The highest BCUT2D eigenvalue weighted by atomic mass is 16.6. The molecular weight excluding hydrogens is 292 g/mol. The molecule has 0 aliphatic carbocycles. The van der Waals surface area contributed by atoms with E-state index in [1.54, 1.807) is 30.3 Å². The van der Waals surface area contributed by atoms with Crippen LogP contribution in [-0.2, 0) is 15.9 Å². The van der Waals surface area contributed by atoms with E-state index in [0.717, 1.165) is 17.5 Å². The van der Waals surface area contributed by atoms with Gasteiger partial charge in [0.25, 0.3) is 0 Å². The second kappa shape index (κ2) is 8.76. The fourth-order valence-electron chi connectivity index (χ4n) is 1.99. The minimum atomic E-state index is -0.359. The minimum Gasteiger partial charge on any atom is -0.508 e. The fourth-order valence-corrected chi connectivity index (χ4v) is 1.99. The number of hydrogen-bond acceptors (Lipinski definition) is 4. The summed E-state index contributed by atoms with van der Waals surface area (Å²) < 4.78 is 10.6. The van der Waals surface area contributed by atoms with Gasteiger partial charge in [-0.15, -0.1) is 0 Å². The van der Waals surface area contributed by atoms with Crippen molar-refractivity contribution in [2.24, 2.45) is 0 Å². The molecule has 0 atom stereocenters. The van der Waals surface area contributed by atoms with Gasteiger partial charge in [-0.3, -0.25) is 0 Å². The van der Waals surface area contributed by atoms with Crippen LogP contribution in [0.4, 0.5) is 0 Å². The maximum atomic E-state index is 11.8. The molecule has 0 radical (unpaired) electrons. The van der Waals surface area contributed by atoms with Crippen LogP contribution in [0.2, 0.25) is 0 Å². The molecule has 0 aromatic heterocycles. The second-order valence-electron chi connectivity index (χ2n) is 4.99. The number of carbonyl (C=O) groups is 1. The van der Waals surface area contributed by atoms with Gasteiger partial charge in [0.15, 0.2) is 0 Å². The summed E-state index contributed by atoms with van der Waals surface area (Å²) >= 11 is 0. The third-order valence-electron chi connectivity index (χ3n) is 3.31. The molecule has 4 nitrogen and oxygen atoms in total. The van der Waals surface area contributed by atoms with E-state index in [9.17, 15) is 9.90 Å². The van der Waals surface area contributed by atoms with Gasteiger partial charge in [0.1, 0.15) is 12.4 Å².